The molecule has 3 rings (SSSR count). The number of hydrogen-bond donors (Lipinski definition) is 0. The highest BCUT2D eigenvalue weighted by molar-refractivity contribution is 5.52. The molecule has 0 radical (unpaired) electrons. The Morgan fingerprint density at radius 3 is 3.00 bits per heavy atom. The van der Waals surface area contributed by atoms with Crippen LogP contribution in [0.4, 0.5) is 5.82 Å². The number of nitriles is 1. The molecule has 1 aromatic heterocycles. The Morgan fingerprint density at radius 1 is 1.35 bits per heavy atom. The molecule has 1 saturated carbocycles. The van der Waals surface area contributed by atoms with E-state index < -0.39 is 0 Å². The van der Waals surface area contributed by atoms with Crippen LogP contribution in [-0.2, 0) is 12.8 Å². The van der Waals surface area contributed by atoms with Crippen LogP contribution in [0.2, 0.25) is 0 Å². The van der Waals surface area contributed by atoms with Gasteiger partial charge in [0, 0.05) is 23.8 Å². The number of hydrogen-bond acceptors (Lipinski definition) is 4. The first-order valence-electron chi connectivity index (χ1n) is 6.36. The van der Waals surface area contributed by atoms with Crippen molar-refractivity contribution in [1.82, 2.24) is 9.97 Å². The molecule has 0 aliphatic heterocycles. The molecule has 0 amide bonds. The molecule has 2 aliphatic rings. The minimum Gasteiger partial charge on any atom is -0.352 e. The fraction of sp³-hybridized carbons (Fsp3) is 0.615. The van der Waals surface area contributed by atoms with Crippen molar-refractivity contribution in [2.75, 3.05) is 11.4 Å². The van der Waals surface area contributed by atoms with Crippen LogP contribution in [0.5, 0.6) is 0 Å². The lowest BCUT2D eigenvalue weighted by Gasteiger charge is -2.24. The van der Waals surface area contributed by atoms with Crippen LogP contribution in [0.1, 0.15) is 36.9 Å². The molecule has 17 heavy (non-hydrogen) atoms. The van der Waals surface area contributed by atoms with Gasteiger partial charge >= 0.3 is 0 Å². The second kappa shape index (κ2) is 4.33. The normalized spacial score (nSPS) is 17.6. The average Bonchev–Trinajstić information content (AvgIpc) is 3.07. The molecular weight excluding hydrogens is 212 g/mol. The lowest BCUT2D eigenvalue weighted by atomic mass is 10.2. The minimum atomic E-state index is 0.579. The summed E-state index contributed by atoms with van der Waals surface area (Å²) < 4.78 is 0. The van der Waals surface area contributed by atoms with E-state index in [1.54, 1.807) is 6.33 Å². The van der Waals surface area contributed by atoms with Gasteiger partial charge in [0.1, 0.15) is 12.1 Å². The summed E-state index contributed by atoms with van der Waals surface area (Å²) in [6.45, 7) is 0.810. The molecule has 0 bridgehead atoms. The van der Waals surface area contributed by atoms with E-state index in [-0.39, 0.29) is 0 Å². The Balaban J connectivity index is 1.90. The third-order valence-corrected chi connectivity index (χ3v) is 3.58. The van der Waals surface area contributed by atoms with E-state index in [4.69, 9.17) is 5.26 Å². The van der Waals surface area contributed by atoms with Crippen LogP contribution in [0, 0.1) is 11.3 Å². The molecule has 1 heterocycles. The first-order chi connectivity index (χ1) is 8.40. The van der Waals surface area contributed by atoms with Crippen molar-refractivity contribution in [2.24, 2.45) is 0 Å². The molecule has 0 unspecified atom stereocenters. The Bertz CT molecular complexity index is 459. The van der Waals surface area contributed by atoms with Gasteiger partial charge in [0.05, 0.1) is 12.5 Å². The van der Waals surface area contributed by atoms with Crippen molar-refractivity contribution >= 4 is 5.82 Å². The summed E-state index contributed by atoms with van der Waals surface area (Å²) in [5.74, 6) is 1.10. The smallest absolute Gasteiger partial charge is 0.135 e. The van der Waals surface area contributed by atoms with Crippen molar-refractivity contribution in [3.05, 3.63) is 17.6 Å². The number of anilines is 1. The fourth-order valence-corrected chi connectivity index (χ4v) is 2.61. The summed E-state index contributed by atoms with van der Waals surface area (Å²) in [6.07, 6.45) is 8.12. The third kappa shape index (κ3) is 1.97. The number of rotatable bonds is 4. The molecule has 0 atom stereocenters. The third-order valence-electron chi connectivity index (χ3n) is 3.58. The first-order valence-corrected chi connectivity index (χ1v) is 6.36. The van der Waals surface area contributed by atoms with Gasteiger partial charge in [0.15, 0.2) is 0 Å². The van der Waals surface area contributed by atoms with Crippen LogP contribution in [0.3, 0.4) is 0 Å². The summed E-state index contributed by atoms with van der Waals surface area (Å²) in [6, 6.07) is 2.85. The zero-order valence-electron chi connectivity index (χ0n) is 9.89. The van der Waals surface area contributed by atoms with E-state index in [1.807, 2.05) is 0 Å². The molecular formula is C13H16N4. The van der Waals surface area contributed by atoms with Crippen LogP contribution >= 0.6 is 0 Å². The molecule has 0 N–H and O–H groups in total. The summed E-state index contributed by atoms with van der Waals surface area (Å²) >= 11 is 0. The molecule has 88 valence electrons. The monoisotopic (exact) mass is 228 g/mol. The van der Waals surface area contributed by atoms with E-state index in [0.717, 1.165) is 25.2 Å². The van der Waals surface area contributed by atoms with Gasteiger partial charge in [-0.15, -0.1) is 0 Å². The molecule has 0 aromatic carbocycles. The van der Waals surface area contributed by atoms with Gasteiger partial charge in [-0.25, -0.2) is 9.97 Å². The minimum absolute atomic E-state index is 0.579. The van der Waals surface area contributed by atoms with Gasteiger partial charge in [-0.3, -0.25) is 0 Å². The van der Waals surface area contributed by atoms with Crippen LogP contribution < -0.4 is 4.90 Å². The Morgan fingerprint density at radius 2 is 2.24 bits per heavy atom. The second-order valence-corrected chi connectivity index (χ2v) is 4.81. The predicted molar refractivity (Wildman–Crippen MR) is 64.7 cm³/mol. The van der Waals surface area contributed by atoms with Crippen LogP contribution in [0.15, 0.2) is 6.33 Å². The van der Waals surface area contributed by atoms with Gasteiger partial charge in [-0.05, 0) is 32.1 Å². The number of fused-ring (bicyclic) bond motifs is 1. The Labute approximate surface area is 101 Å². The van der Waals surface area contributed by atoms with E-state index in [9.17, 15) is 0 Å². The SMILES string of the molecule is N#CCCN(c1ncnc2c1CCC2)C1CC1. The van der Waals surface area contributed by atoms with Crippen molar-refractivity contribution in [3.8, 4) is 6.07 Å². The second-order valence-electron chi connectivity index (χ2n) is 4.81. The zero-order valence-corrected chi connectivity index (χ0v) is 9.89. The van der Waals surface area contributed by atoms with E-state index >= 15 is 0 Å². The van der Waals surface area contributed by atoms with E-state index in [0.29, 0.717) is 12.5 Å². The molecule has 4 nitrogen and oxygen atoms in total. The summed E-state index contributed by atoms with van der Waals surface area (Å²) in [5, 5.41) is 8.75. The number of aryl methyl sites for hydroxylation is 1. The largest absolute Gasteiger partial charge is 0.352 e. The molecule has 0 saturated heterocycles. The maximum atomic E-state index is 8.75. The molecule has 1 fully saturated rings. The molecule has 4 heteroatoms. The lowest BCUT2D eigenvalue weighted by Crippen LogP contribution is -2.28. The predicted octanol–water partition coefficient (Wildman–Crippen LogP) is 1.85. The van der Waals surface area contributed by atoms with Crippen molar-refractivity contribution < 1.29 is 0 Å². The highest BCUT2D eigenvalue weighted by Gasteiger charge is 2.32. The highest BCUT2D eigenvalue weighted by atomic mass is 15.2. The van der Waals surface area contributed by atoms with Crippen molar-refractivity contribution in [2.45, 2.75) is 44.6 Å². The molecule has 0 spiro atoms. The van der Waals surface area contributed by atoms with Crippen molar-refractivity contribution in [3.63, 3.8) is 0 Å². The molecule has 1 aromatic rings. The summed E-state index contributed by atoms with van der Waals surface area (Å²) in [4.78, 5) is 11.2. The van der Waals surface area contributed by atoms with Gasteiger partial charge < -0.3 is 4.90 Å². The van der Waals surface area contributed by atoms with Gasteiger partial charge in [0.25, 0.3) is 0 Å². The topological polar surface area (TPSA) is 52.8 Å². The van der Waals surface area contributed by atoms with E-state index in [1.165, 1.54) is 30.5 Å². The molecule has 2 aliphatic carbocycles. The quantitative estimate of drug-likeness (QED) is 0.789. The van der Waals surface area contributed by atoms with Crippen molar-refractivity contribution in [1.29, 1.82) is 5.26 Å². The standard InChI is InChI=1S/C13H16N4/c14-7-2-8-17(10-5-6-10)13-11-3-1-4-12(11)15-9-16-13/h9-10H,1-6,8H2. The summed E-state index contributed by atoms with van der Waals surface area (Å²) in [5.41, 5.74) is 2.55. The van der Waals surface area contributed by atoms with Crippen LogP contribution in [-0.4, -0.2) is 22.6 Å². The average molecular weight is 228 g/mol. The maximum Gasteiger partial charge on any atom is 0.135 e. The maximum absolute atomic E-state index is 8.75. The van der Waals surface area contributed by atoms with Gasteiger partial charge in [-0.1, -0.05) is 0 Å². The summed E-state index contributed by atoms with van der Waals surface area (Å²) in [7, 11) is 0. The lowest BCUT2D eigenvalue weighted by molar-refractivity contribution is 0.767. The van der Waals surface area contributed by atoms with Gasteiger partial charge in [0.2, 0.25) is 0 Å². The highest BCUT2D eigenvalue weighted by Crippen LogP contribution is 2.35. The zero-order chi connectivity index (χ0) is 11.7. The Kier molecular flexibility index (Phi) is 2.68. The van der Waals surface area contributed by atoms with E-state index in [2.05, 4.69) is 20.9 Å². The fourth-order valence-electron chi connectivity index (χ4n) is 2.61. The Hall–Kier alpha value is -1.63. The van der Waals surface area contributed by atoms with Gasteiger partial charge in [-0.2, -0.15) is 5.26 Å². The number of nitrogens with zero attached hydrogens (tertiary/aromatic N) is 4. The first kappa shape index (κ1) is 10.5. The van der Waals surface area contributed by atoms with Crippen LogP contribution in [0.25, 0.3) is 0 Å². The number of aromatic nitrogens is 2.